The molecule has 1 aliphatic heterocycles. The fraction of sp³-hybridized carbons (Fsp3) is 0.438. The predicted molar refractivity (Wildman–Crippen MR) is 89.7 cm³/mol. The van der Waals surface area contributed by atoms with E-state index in [1.165, 1.54) is 0 Å². The van der Waals surface area contributed by atoms with E-state index in [1.54, 1.807) is 18.4 Å². The van der Waals surface area contributed by atoms with Crippen molar-refractivity contribution in [3.63, 3.8) is 0 Å². The second-order valence-corrected chi connectivity index (χ2v) is 6.71. The summed E-state index contributed by atoms with van der Waals surface area (Å²) in [5.41, 5.74) is 2.07. The van der Waals surface area contributed by atoms with Gasteiger partial charge in [-0.3, -0.25) is 0 Å². The fourth-order valence-electron chi connectivity index (χ4n) is 2.60. The van der Waals surface area contributed by atoms with Gasteiger partial charge in [-0.15, -0.1) is 11.3 Å². The summed E-state index contributed by atoms with van der Waals surface area (Å²) >= 11 is 7.61. The molecule has 1 aromatic heterocycles. The molecule has 4 nitrogen and oxygen atoms in total. The highest BCUT2D eigenvalue weighted by atomic mass is 35.5. The summed E-state index contributed by atoms with van der Waals surface area (Å²) in [4.78, 5) is 5.82. The molecule has 1 aliphatic rings. The highest BCUT2D eigenvalue weighted by Crippen LogP contribution is 2.36. The van der Waals surface area contributed by atoms with Crippen LogP contribution in [0, 0.1) is 6.92 Å². The SMILES string of the molecule is COC(c1sc(-c2ccc(Cl)cc2)nc1C)C1CNCCO1. The molecule has 118 valence electrons. The number of rotatable bonds is 4. The normalized spacial score (nSPS) is 20.0. The number of hydrogen-bond acceptors (Lipinski definition) is 5. The first-order chi connectivity index (χ1) is 10.7. The number of aryl methyl sites for hydroxylation is 1. The molecule has 6 heteroatoms. The standard InChI is InChI=1S/C16H19ClN2O2S/c1-10-15(14(20-2)13-9-18-7-8-21-13)22-16(19-10)11-3-5-12(17)6-4-11/h3-6,13-14,18H,7-9H2,1-2H3. The van der Waals surface area contributed by atoms with E-state index in [9.17, 15) is 0 Å². The highest BCUT2D eigenvalue weighted by molar-refractivity contribution is 7.15. The molecule has 2 heterocycles. The van der Waals surface area contributed by atoms with Gasteiger partial charge in [0.25, 0.3) is 0 Å². The molecule has 0 bridgehead atoms. The molecule has 0 amide bonds. The van der Waals surface area contributed by atoms with Crippen LogP contribution in [0.3, 0.4) is 0 Å². The Hall–Kier alpha value is -0.980. The van der Waals surface area contributed by atoms with E-state index < -0.39 is 0 Å². The number of nitrogens with zero attached hydrogens (tertiary/aromatic N) is 1. The van der Waals surface area contributed by atoms with Crippen molar-refractivity contribution < 1.29 is 9.47 Å². The van der Waals surface area contributed by atoms with Gasteiger partial charge in [-0.25, -0.2) is 4.98 Å². The number of aromatic nitrogens is 1. The molecule has 2 aromatic rings. The van der Waals surface area contributed by atoms with Crippen molar-refractivity contribution in [2.45, 2.75) is 19.1 Å². The molecule has 0 aliphatic carbocycles. The first-order valence-corrected chi connectivity index (χ1v) is 8.47. The third-order valence-electron chi connectivity index (χ3n) is 3.73. The third-order valence-corrected chi connectivity index (χ3v) is 5.25. The molecule has 1 aromatic carbocycles. The van der Waals surface area contributed by atoms with Gasteiger partial charge in [0.05, 0.1) is 17.2 Å². The second-order valence-electron chi connectivity index (χ2n) is 5.25. The molecule has 22 heavy (non-hydrogen) atoms. The van der Waals surface area contributed by atoms with Crippen molar-refractivity contribution in [1.82, 2.24) is 10.3 Å². The lowest BCUT2D eigenvalue weighted by atomic mass is 10.1. The number of halogens is 1. The maximum Gasteiger partial charge on any atom is 0.123 e. The van der Waals surface area contributed by atoms with E-state index in [2.05, 4.69) is 5.32 Å². The Morgan fingerprint density at radius 1 is 1.41 bits per heavy atom. The lowest BCUT2D eigenvalue weighted by molar-refractivity contribution is -0.0697. The van der Waals surface area contributed by atoms with Gasteiger partial charge in [0.1, 0.15) is 17.2 Å². The van der Waals surface area contributed by atoms with Crippen molar-refractivity contribution in [2.75, 3.05) is 26.8 Å². The largest absolute Gasteiger partial charge is 0.373 e. The maximum atomic E-state index is 5.95. The van der Waals surface area contributed by atoms with Crippen LogP contribution in [-0.4, -0.2) is 37.9 Å². The van der Waals surface area contributed by atoms with Crippen molar-refractivity contribution >= 4 is 22.9 Å². The monoisotopic (exact) mass is 338 g/mol. The number of thiazole rings is 1. The van der Waals surface area contributed by atoms with Crippen molar-refractivity contribution in [2.24, 2.45) is 0 Å². The first-order valence-electron chi connectivity index (χ1n) is 7.27. The average Bonchev–Trinajstić information content (AvgIpc) is 2.92. The van der Waals surface area contributed by atoms with Crippen LogP contribution in [0.1, 0.15) is 16.7 Å². The van der Waals surface area contributed by atoms with Crippen LogP contribution in [0.4, 0.5) is 0 Å². The summed E-state index contributed by atoms with van der Waals surface area (Å²) in [6.07, 6.45) is -0.0673. The molecular weight excluding hydrogens is 320 g/mol. The Kier molecular flexibility index (Phi) is 5.10. The Morgan fingerprint density at radius 2 is 2.18 bits per heavy atom. The van der Waals surface area contributed by atoms with Crippen LogP contribution in [-0.2, 0) is 9.47 Å². The summed E-state index contributed by atoms with van der Waals surface area (Å²) < 4.78 is 11.6. The van der Waals surface area contributed by atoms with E-state index in [-0.39, 0.29) is 12.2 Å². The van der Waals surface area contributed by atoms with Gasteiger partial charge in [-0.2, -0.15) is 0 Å². The molecular formula is C16H19ClN2O2S. The summed E-state index contributed by atoms with van der Waals surface area (Å²) in [7, 11) is 1.73. The van der Waals surface area contributed by atoms with Gasteiger partial charge in [-0.05, 0) is 19.1 Å². The molecule has 2 unspecified atom stereocenters. The molecule has 0 saturated carbocycles. The Morgan fingerprint density at radius 3 is 2.82 bits per heavy atom. The molecule has 1 saturated heterocycles. The lowest BCUT2D eigenvalue weighted by Crippen LogP contribution is -2.42. The van der Waals surface area contributed by atoms with E-state index in [0.717, 1.165) is 39.3 Å². The smallest absolute Gasteiger partial charge is 0.123 e. The molecule has 1 fully saturated rings. The highest BCUT2D eigenvalue weighted by Gasteiger charge is 2.29. The van der Waals surface area contributed by atoms with Gasteiger partial charge in [0.2, 0.25) is 0 Å². The summed E-state index contributed by atoms with van der Waals surface area (Å²) in [5.74, 6) is 0. The molecule has 0 spiro atoms. The summed E-state index contributed by atoms with van der Waals surface area (Å²) in [6, 6.07) is 7.75. The number of hydrogen-bond donors (Lipinski definition) is 1. The molecule has 0 radical (unpaired) electrons. The van der Waals surface area contributed by atoms with Gasteiger partial charge in [0, 0.05) is 30.8 Å². The minimum absolute atomic E-state index is 0.0240. The zero-order chi connectivity index (χ0) is 15.5. The number of ether oxygens (including phenoxy) is 2. The van der Waals surface area contributed by atoms with E-state index in [0.29, 0.717) is 6.61 Å². The minimum Gasteiger partial charge on any atom is -0.373 e. The Balaban J connectivity index is 1.88. The van der Waals surface area contributed by atoms with Crippen LogP contribution >= 0.6 is 22.9 Å². The van der Waals surface area contributed by atoms with Crippen LogP contribution in [0.5, 0.6) is 0 Å². The minimum atomic E-state index is -0.0913. The molecule has 3 rings (SSSR count). The molecule has 2 atom stereocenters. The van der Waals surface area contributed by atoms with Gasteiger partial charge < -0.3 is 14.8 Å². The van der Waals surface area contributed by atoms with E-state index in [4.69, 9.17) is 26.1 Å². The second kappa shape index (κ2) is 7.06. The van der Waals surface area contributed by atoms with Gasteiger partial charge in [0.15, 0.2) is 0 Å². The van der Waals surface area contributed by atoms with Crippen LogP contribution in [0.15, 0.2) is 24.3 Å². The summed E-state index contributed by atoms with van der Waals surface area (Å²) in [5, 5.41) is 5.06. The number of methoxy groups -OCH3 is 1. The van der Waals surface area contributed by atoms with E-state index in [1.807, 2.05) is 31.2 Å². The number of nitrogens with one attached hydrogen (secondary N) is 1. The maximum absolute atomic E-state index is 5.95. The van der Waals surface area contributed by atoms with Crippen LogP contribution < -0.4 is 5.32 Å². The van der Waals surface area contributed by atoms with Crippen LogP contribution in [0.25, 0.3) is 10.6 Å². The van der Waals surface area contributed by atoms with Crippen molar-refractivity contribution in [1.29, 1.82) is 0 Å². The summed E-state index contributed by atoms with van der Waals surface area (Å²) in [6.45, 7) is 4.43. The topological polar surface area (TPSA) is 43.4 Å². The van der Waals surface area contributed by atoms with Gasteiger partial charge >= 0.3 is 0 Å². The Labute approximate surface area is 139 Å². The average molecular weight is 339 g/mol. The van der Waals surface area contributed by atoms with Crippen molar-refractivity contribution in [3.05, 3.63) is 39.9 Å². The third kappa shape index (κ3) is 3.34. The van der Waals surface area contributed by atoms with Crippen molar-refractivity contribution in [3.8, 4) is 10.6 Å². The zero-order valence-electron chi connectivity index (χ0n) is 12.6. The predicted octanol–water partition coefficient (Wildman–Crippen LogP) is 3.45. The molecule has 1 N–H and O–H groups in total. The van der Waals surface area contributed by atoms with Gasteiger partial charge in [-0.1, -0.05) is 23.7 Å². The first kappa shape index (κ1) is 15.9. The number of benzene rings is 1. The van der Waals surface area contributed by atoms with Crippen LogP contribution in [0.2, 0.25) is 5.02 Å². The Bertz CT molecular complexity index is 624. The zero-order valence-corrected chi connectivity index (χ0v) is 14.2. The quantitative estimate of drug-likeness (QED) is 0.927. The van der Waals surface area contributed by atoms with E-state index >= 15 is 0 Å². The number of morpholine rings is 1. The fourth-order valence-corrected chi connectivity index (χ4v) is 3.92. The lowest BCUT2D eigenvalue weighted by Gasteiger charge is -2.29.